The molecule has 0 bridgehead atoms. The van der Waals surface area contributed by atoms with Crippen LogP contribution in [0.25, 0.3) is 0 Å². The van der Waals surface area contributed by atoms with Crippen LogP contribution in [0.5, 0.6) is 0 Å². The third kappa shape index (κ3) is 8.52. The first-order valence-corrected chi connectivity index (χ1v) is 12.4. The van der Waals surface area contributed by atoms with Gasteiger partial charge in [-0.25, -0.2) is 0 Å². The summed E-state index contributed by atoms with van der Waals surface area (Å²) in [4.78, 5) is 9.42. The van der Waals surface area contributed by atoms with Crippen molar-refractivity contribution in [3.05, 3.63) is 71.3 Å². The van der Waals surface area contributed by atoms with Gasteiger partial charge in [0.15, 0.2) is 5.96 Å². The van der Waals surface area contributed by atoms with Gasteiger partial charge in [0, 0.05) is 52.4 Å². The largest absolute Gasteiger partial charge is 0.393 e. The second-order valence-electron chi connectivity index (χ2n) is 9.45. The van der Waals surface area contributed by atoms with Gasteiger partial charge in [0.25, 0.3) is 0 Å². The zero-order valence-electron chi connectivity index (χ0n) is 20.3. The van der Waals surface area contributed by atoms with E-state index in [1.165, 1.54) is 29.5 Å². The van der Waals surface area contributed by atoms with Crippen molar-refractivity contribution >= 4 is 29.9 Å². The fraction of sp³-hybridized carbons (Fsp3) is 0.519. The maximum absolute atomic E-state index is 9.68. The number of likely N-dealkylation sites (tertiary alicyclic amines) is 2. The van der Waals surface area contributed by atoms with Crippen LogP contribution in [0, 0.1) is 0 Å². The molecule has 0 aliphatic carbocycles. The van der Waals surface area contributed by atoms with Crippen LogP contribution < -0.4 is 10.6 Å². The minimum atomic E-state index is -0.113. The second kappa shape index (κ2) is 14.0. The van der Waals surface area contributed by atoms with E-state index in [4.69, 9.17) is 0 Å². The van der Waals surface area contributed by atoms with Gasteiger partial charge in [-0.2, -0.15) is 0 Å². The van der Waals surface area contributed by atoms with Crippen LogP contribution in [-0.4, -0.2) is 66.2 Å². The molecule has 34 heavy (non-hydrogen) atoms. The van der Waals surface area contributed by atoms with Gasteiger partial charge in [-0.3, -0.25) is 14.8 Å². The van der Waals surface area contributed by atoms with Crippen molar-refractivity contribution in [2.75, 3.05) is 33.2 Å². The number of aliphatic hydroxyl groups excluding tert-OH is 1. The highest BCUT2D eigenvalue weighted by Gasteiger charge is 2.21. The van der Waals surface area contributed by atoms with E-state index in [0.29, 0.717) is 6.04 Å². The van der Waals surface area contributed by atoms with Crippen molar-refractivity contribution in [2.45, 2.75) is 57.5 Å². The monoisotopic (exact) mass is 577 g/mol. The molecule has 7 heteroatoms. The molecule has 2 heterocycles. The molecule has 2 aromatic rings. The number of halogens is 1. The smallest absolute Gasteiger partial charge is 0.191 e. The number of piperidine rings is 2. The quantitative estimate of drug-likeness (QED) is 0.267. The molecule has 2 aliphatic rings. The lowest BCUT2D eigenvalue weighted by atomic mass is 10.0. The van der Waals surface area contributed by atoms with Gasteiger partial charge in [-0.05, 0) is 48.9 Å². The number of benzene rings is 2. The van der Waals surface area contributed by atoms with Crippen LogP contribution in [0.3, 0.4) is 0 Å². The first kappa shape index (κ1) is 26.9. The lowest BCUT2D eigenvalue weighted by Gasteiger charge is -2.34. The number of nitrogens with one attached hydrogen (secondary N) is 2. The Labute approximate surface area is 221 Å². The van der Waals surface area contributed by atoms with Crippen LogP contribution in [0.1, 0.15) is 42.4 Å². The highest BCUT2D eigenvalue weighted by molar-refractivity contribution is 14.0. The predicted molar refractivity (Wildman–Crippen MR) is 150 cm³/mol. The number of hydrogen-bond acceptors (Lipinski definition) is 4. The Balaban J connectivity index is 0.00000324. The van der Waals surface area contributed by atoms with Gasteiger partial charge >= 0.3 is 0 Å². The summed E-state index contributed by atoms with van der Waals surface area (Å²) in [5.74, 6) is 0.873. The molecule has 0 amide bonds. The molecule has 0 radical (unpaired) electrons. The molecule has 3 N–H and O–H groups in total. The Morgan fingerprint density at radius 3 is 2.24 bits per heavy atom. The van der Waals surface area contributed by atoms with Crippen molar-refractivity contribution in [2.24, 2.45) is 4.99 Å². The van der Waals surface area contributed by atoms with E-state index in [2.05, 4.69) is 80.0 Å². The first-order valence-electron chi connectivity index (χ1n) is 12.4. The fourth-order valence-electron chi connectivity index (χ4n) is 4.83. The van der Waals surface area contributed by atoms with Crippen molar-refractivity contribution in [1.29, 1.82) is 0 Å². The maximum Gasteiger partial charge on any atom is 0.191 e. The Morgan fingerprint density at radius 1 is 0.882 bits per heavy atom. The van der Waals surface area contributed by atoms with Crippen LogP contribution in [0.15, 0.2) is 59.6 Å². The molecule has 0 aromatic heterocycles. The molecule has 0 saturated carbocycles. The molecule has 4 rings (SSSR count). The number of guanidine groups is 1. The third-order valence-electron chi connectivity index (χ3n) is 6.77. The lowest BCUT2D eigenvalue weighted by molar-refractivity contribution is 0.0792. The normalized spacial score (nSPS) is 20.5. The van der Waals surface area contributed by atoms with E-state index in [9.17, 15) is 5.11 Å². The lowest BCUT2D eigenvalue weighted by Crippen LogP contribution is -2.50. The Hall–Kier alpha value is -1.68. The highest BCUT2D eigenvalue weighted by Crippen LogP contribution is 2.15. The van der Waals surface area contributed by atoms with Crippen molar-refractivity contribution in [1.82, 2.24) is 20.4 Å². The molecular formula is C27H40IN5O. The van der Waals surface area contributed by atoms with Gasteiger partial charge in [0.1, 0.15) is 0 Å². The third-order valence-corrected chi connectivity index (χ3v) is 6.77. The van der Waals surface area contributed by atoms with Crippen molar-refractivity contribution in [3.8, 4) is 0 Å². The van der Waals surface area contributed by atoms with Crippen LogP contribution >= 0.6 is 24.0 Å². The molecule has 1 atom stereocenters. The maximum atomic E-state index is 9.68. The van der Waals surface area contributed by atoms with E-state index < -0.39 is 0 Å². The second-order valence-corrected chi connectivity index (χ2v) is 9.45. The summed E-state index contributed by atoms with van der Waals surface area (Å²) < 4.78 is 0. The van der Waals surface area contributed by atoms with E-state index in [1.807, 2.05) is 7.05 Å². The average Bonchev–Trinajstić information content (AvgIpc) is 2.85. The molecule has 0 spiro atoms. The van der Waals surface area contributed by atoms with Gasteiger partial charge < -0.3 is 15.7 Å². The molecular weight excluding hydrogens is 537 g/mol. The minimum absolute atomic E-state index is 0. The number of hydrogen-bond donors (Lipinski definition) is 3. The van der Waals surface area contributed by atoms with Gasteiger partial charge in [-0.1, -0.05) is 54.6 Å². The molecule has 2 aliphatic heterocycles. The number of nitrogens with zero attached hydrogens (tertiary/aromatic N) is 3. The fourth-order valence-corrected chi connectivity index (χ4v) is 4.83. The van der Waals surface area contributed by atoms with Crippen LogP contribution in [0.4, 0.5) is 0 Å². The summed E-state index contributed by atoms with van der Waals surface area (Å²) in [5, 5.41) is 16.8. The van der Waals surface area contributed by atoms with Gasteiger partial charge in [0.2, 0.25) is 0 Å². The van der Waals surface area contributed by atoms with E-state index in [-0.39, 0.29) is 30.1 Å². The molecule has 6 nitrogen and oxygen atoms in total. The highest BCUT2D eigenvalue weighted by atomic mass is 127. The summed E-state index contributed by atoms with van der Waals surface area (Å²) >= 11 is 0. The Bertz CT molecular complexity index is 868. The summed E-state index contributed by atoms with van der Waals surface area (Å²) in [7, 11) is 1.85. The zero-order chi connectivity index (χ0) is 22.9. The predicted octanol–water partition coefficient (Wildman–Crippen LogP) is 3.59. The van der Waals surface area contributed by atoms with E-state index in [1.54, 1.807) is 0 Å². The number of aliphatic imine (C=N–C) groups is 1. The van der Waals surface area contributed by atoms with E-state index >= 15 is 0 Å². The Morgan fingerprint density at radius 2 is 1.53 bits per heavy atom. The molecule has 2 saturated heterocycles. The Kier molecular flexibility index (Phi) is 11.1. The van der Waals surface area contributed by atoms with Crippen molar-refractivity contribution < 1.29 is 5.11 Å². The first-order chi connectivity index (χ1) is 16.2. The molecule has 1 unspecified atom stereocenters. The summed E-state index contributed by atoms with van der Waals surface area (Å²) in [6.07, 6.45) is 4.05. The summed E-state index contributed by atoms with van der Waals surface area (Å²) in [5.41, 5.74) is 3.96. The summed E-state index contributed by atoms with van der Waals surface area (Å²) in [6, 6.07) is 20.0. The minimum Gasteiger partial charge on any atom is -0.393 e. The zero-order valence-corrected chi connectivity index (χ0v) is 22.7. The average molecular weight is 578 g/mol. The van der Waals surface area contributed by atoms with Crippen LogP contribution in [-0.2, 0) is 19.6 Å². The van der Waals surface area contributed by atoms with Gasteiger partial charge in [-0.15, -0.1) is 24.0 Å². The van der Waals surface area contributed by atoms with E-state index in [0.717, 1.165) is 64.6 Å². The van der Waals surface area contributed by atoms with Crippen molar-refractivity contribution in [3.63, 3.8) is 0 Å². The summed E-state index contributed by atoms with van der Waals surface area (Å²) in [6.45, 7) is 6.89. The number of rotatable bonds is 7. The molecule has 2 fully saturated rings. The van der Waals surface area contributed by atoms with Crippen LogP contribution in [0.2, 0.25) is 0 Å². The van der Waals surface area contributed by atoms with Gasteiger partial charge in [0.05, 0.1) is 6.10 Å². The number of aliphatic hydroxyl groups is 1. The topological polar surface area (TPSA) is 63.1 Å². The molecule has 186 valence electrons. The SMILES string of the molecule is CN=C(NCc1ccc(CN2CCC(O)CC2)cc1)NC1CCCN(Cc2ccccc2)C1.I. The standard InChI is InChI=1S/C27H39N5O.HI/c1-28-27(30-25-8-5-15-32(21-25)20-23-6-3-2-4-7-23)29-18-22-9-11-24(12-10-22)19-31-16-13-26(33)14-17-31;/h2-4,6-7,9-12,25-26,33H,5,8,13-21H2,1H3,(H2,28,29,30);1H. The molecule has 2 aromatic carbocycles.